The number of halogens is 3. The molecule has 0 unspecified atom stereocenters. The van der Waals surface area contributed by atoms with Crippen LogP contribution in [-0.2, 0) is 17.3 Å². The van der Waals surface area contributed by atoms with E-state index in [9.17, 15) is 22.8 Å². The van der Waals surface area contributed by atoms with Gasteiger partial charge in [-0.2, -0.15) is 8.78 Å². The minimum absolute atomic E-state index is 0.0594. The third-order valence-corrected chi connectivity index (χ3v) is 4.73. The van der Waals surface area contributed by atoms with Gasteiger partial charge in [-0.15, -0.1) is 0 Å². The Labute approximate surface area is 137 Å². The lowest BCUT2D eigenvalue weighted by atomic mass is 9.91. The van der Waals surface area contributed by atoms with Gasteiger partial charge in [0.05, 0.1) is 11.3 Å². The van der Waals surface area contributed by atoms with Gasteiger partial charge in [0.15, 0.2) is 0 Å². The second-order valence-electron chi connectivity index (χ2n) is 6.84. The fourth-order valence-corrected chi connectivity index (χ4v) is 2.31. The molecular weight excluding hydrogens is 327 g/mol. The predicted octanol–water partition coefficient (Wildman–Crippen LogP) is 3.96. The first kappa shape index (κ1) is 20.0. The summed E-state index contributed by atoms with van der Waals surface area (Å²) in [6, 6.07) is 3.47. The average molecular weight is 349 g/mol. The molecule has 1 aromatic carbocycles. The summed E-state index contributed by atoms with van der Waals surface area (Å²) in [7, 11) is 0. The van der Waals surface area contributed by atoms with Crippen LogP contribution in [-0.4, -0.2) is 25.7 Å². The second-order valence-corrected chi connectivity index (χ2v) is 8.74. The summed E-state index contributed by atoms with van der Waals surface area (Å²) in [5.74, 6) is -4.96. The standard InChI is InChI=1S/C16H22F3NO2S/c1-10(20-23(22)14(2,3)4)11-8-7-9-12(13(11)17)16(18,19)15(5,6)21/h7-9,21H,1-6H3/t23-/m1/s1. The van der Waals surface area contributed by atoms with Gasteiger partial charge in [-0.25, -0.2) is 4.39 Å². The van der Waals surface area contributed by atoms with Crippen molar-refractivity contribution in [2.45, 2.75) is 57.8 Å². The highest BCUT2D eigenvalue weighted by molar-refractivity contribution is 7.91. The Bertz CT molecular complexity index is 604. The molecule has 0 aromatic heterocycles. The number of benzene rings is 1. The molecule has 0 aliphatic heterocycles. The number of nitrogens with zero attached hydrogens (tertiary/aromatic N) is 1. The topological polar surface area (TPSA) is 55.7 Å². The molecule has 0 aliphatic rings. The predicted molar refractivity (Wildman–Crippen MR) is 86.7 cm³/mol. The summed E-state index contributed by atoms with van der Waals surface area (Å²) in [6.45, 7) is 8.34. The lowest BCUT2D eigenvalue weighted by molar-refractivity contribution is -0.170. The number of hydrogen-bond donors (Lipinski definition) is 1. The smallest absolute Gasteiger partial charge is 0.303 e. The van der Waals surface area contributed by atoms with Crippen LogP contribution in [0.15, 0.2) is 22.6 Å². The fourth-order valence-electron chi connectivity index (χ4n) is 1.69. The summed E-state index contributed by atoms with van der Waals surface area (Å²) in [5.41, 5.74) is -3.45. The van der Waals surface area contributed by atoms with Gasteiger partial charge in [0.1, 0.15) is 27.5 Å². The highest BCUT2D eigenvalue weighted by Gasteiger charge is 2.49. The maximum absolute atomic E-state index is 14.5. The molecule has 0 aliphatic carbocycles. The van der Waals surface area contributed by atoms with Crippen molar-refractivity contribution in [1.29, 1.82) is 0 Å². The Morgan fingerprint density at radius 1 is 1.17 bits per heavy atom. The Hall–Kier alpha value is -1.05. The SMILES string of the molecule is CC(=N[S@+]([O-])C(C)(C)C)c1cccc(C(F)(F)C(C)(C)O)c1F. The molecule has 0 radical (unpaired) electrons. The summed E-state index contributed by atoms with van der Waals surface area (Å²) in [6.07, 6.45) is 0. The molecule has 130 valence electrons. The summed E-state index contributed by atoms with van der Waals surface area (Å²) in [5, 5.41) is 9.61. The molecule has 0 heterocycles. The Morgan fingerprint density at radius 2 is 1.70 bits per heavy atom. The van der Waals surface area contributed by atoms with E-state index in [4.69, 9.17) is 0 Å². The third-order valence-electron chi connectivity index (χ3n) is 3.24. The monoisotopic (exact) mass is 349 g/mol. The van der Waals surface area contributed by atoms with Gasteiger partial charge >= 0.3 is 5.92 Å². The number of aliphatic hydroxyl groups is 1. The average Bonchev–Trinajstić information content (AvgIpc) is 2.35. The zero-order valence-electron chi connectivity index (χ0n) is 14.1. The van der Waals surface area contributed by atoms with E-state index >= 15 is 0 Å². The van der Waals surface area contributed by atoms with Crippen molar-refractivity contribution in [1.82, 2.24) is 0 Å². The molecule has 0 saturated heterocycles. The van der Waals surface area contributed by atoms with Crippen LogP contribution in [0, 0.1) is 5.82 Å². The van der Waals surface area contributed by atoms with Crippen LogP contribution in [0.5, 0.6) is 0 Å². The van der Waals surface area contributed by atoms with Gasteiger partial charge in [-0.05, 0) is 47.6 Å². The van der Waals surface area contributed by atoms with Gasteiger partial charge in [-0.3, -0.25) is 0 Å². The minimum atomic E-state index is -3.78. The Balaban J connectivity index is 3.38. The quantitative estimate of drug-likeness (QED) is 0.661. The first-order valence-electron chi connectivity index (χ1n) is 7.06. The van der Waals surface area contributed by atoms with Gasteiger partial charge in [0, 0.05) is 5.56 Å². The summed E-state index contributed by atoms with van der Waals surface area (Å²) in [4.78, 5) is 0. The van der Waals surface area contributed by atoms with Crippen molar-refractivity contribution in [3.8, 4) is 0 Å². The van der Waals surface area contributed by atoms with E-state index < -0.39 is 39.0 Å². The molecule has 0 amide bonds. The van der Waals surface area contributed by atoms with Gasteiger partial charge in [0.2, 0.25) is 0 Å². The van der Waals surface area contributed by atoms with Crippen molar-refractivity contribution in [2.75, 3.05) is 0 Å². The van der Waals surface area contributed by atoms with Crippen molar-refractivity contribution < 1.29 is 22.8 Å². The maximum atomic E-state index is 14.5. The lowest BCUT2D eigenvalue weighted by Gasteiger charge is -2.29. The van der Waals surface area contributed by atoms with Crippen LogP contribution in [0.4, 0.5) is 13.2 Å². The highest BCUT2D eigenvalue weighted by Crippen LogP contribution is 2.40. The molecule has 3 nitrogen and oxygen atoms in total. The first-order valence-corrected chi connectivity index (χ1v) is 8.17. The molecule has 0 spiro atoms. The van der Waals surface area contributed by atoms with Crippen LogP contribution in [0.3, 0.4) is 0 Å². The van der Waals surface area contributed by atoms with E-state index in [-0.39, 0.29) is 11.3 Å². The van der Waals surface area contributed by atoms with Gasteiger partial charge in [0.25, 0.3) is 0 Å². The van der Waals surface area contributed by atoms with E-state index in [0.29, 0.717) is 0 Å². The van der Waals surface area contributed by atoms with Crippen LogP contribution in [0.1, 0.15) is 52.7 Å². The summed E-state index contributed by atoms with van der Waals surface area (Å²) < 4.78 is 58.3. The molecular formula is C16H22F3NO2S. The highest BCUT2D eigenvalue weighted by atomic mass is 32.2. The molecule has 0 bridgehead atoms. The van der Waals surface area contributed by atoms with Crippen LogP contribution >= 0.6 is 0 Å². The molecule has 1 rings (SSSR count). The molecule has 1 aromatic rings. The van der Waals surface area contributed by atoms with E-state index in [0.717, 1.165) is 19.9 Å². The van der Waals surface area contributed by atoms with Gasteiger partial charge in [-0.1, -0.05) is 16.5 Å². The molecule has 23 heavy (non-hydrogen) atoms. The Kier molecular flexibility index (Phi) is 5.61. The molecule has 7 heteroatoms. The third kappa shape index (κ3) is 4.28. The fraction of sp³-hybridized carbons (Fsp3) is 0.562. The normalized spacial score (nSPS) is 15.7. The van der Waals surface area contributed by atoms with Crippen LogP contribution in [0.25, 0.3) is 0 Å². The minimum Gasteiger partial charge on any atom is -0.591 e. The molecule has 1 N–H and O–H groups in total. The van der Waals surface area contributed by atoms with Crippen molar-refractivity contribution in [2.24, 2.45) is 4.40 Å². The van der Waals surface area contributed by atoms with Crippen molar-refractivity contribution in [3.63, 3.8) is 0 Å². The van der Waals surface area contributed by atoms with Crippen LogP contribution in [0.2, 0.25) is 0 Å². The zero-order chi connectivity index (χ0) is 18.2. The Morgan fingerprint density at radius 3 is 2.13 bits per heavy atom. The molecule has 0 saturated carbocycles. The lowest BCUT2D eigenvalue weighted by Crippen LogP contribution is -2.41. The second kappa shape index (κ2) is 6.45. The molecule has 1 atom stereocenters. The van der Waals surface area contributed by atoms with Crippen molar-refractivity contribution in [3.05, 3.63) is 35.1 Å². The summed E-state index contributed by atoms with van der Waals surface area (Å²) >= 11 is -1.64. The largest absolute Gasteiger partial charge is 0.591 e. The van der Waals surface area contributed by atoms with Crippen LogP contribution < -0.4 is 0 Å². The molecule has 0 fully saturated rings. The van der Waals surface area contributed by atoms with E-state index in [1.807, 2.05) is 0 Å². The number of alkyl halides is 2. The van der Waals surface area contributed by atoms with E-state index in [1.165, 1.54) is 19.1 Å². The van der Waals surface area contributed by atoms with Gasteiger partial charge < -0.3 is 9.66 Å². The van der Waals surface area contributed by atoms with E-state index in [2.05, 4.69) is 4.40 Å². The van der Waals surface area contributed by atoms with E-state index in [1.54, 1.807) is 20.8 Å². The first-order chi connectivity index (χ1) is 10.2. The maximum Gasteiger partial charge on any atom is 0.303 e. The number of hydrogen-bond acceptors (Lipinski definition) is 3. The number of rotatable bonds is 4. The van der Waals surface area contributed by atoms with Crippen molar-refractivity contribution >= 4 is 17.1 Å². The zero-order valence-corrected chi connectivity index (χ0v) is 14.9.